The molecule has 37 heavy (non-hydrogen) atoms. The van der Waals surface area contributed by atoms with Crippen LogP contribution in [0.25, 0.3) is 0 Å². The average Bonchev–Trinajstić information content (AvgIpc) is 3.24. The lowest BCUT2D eigenvalue weighted by Crippen LogP contribution is -2.50. The molecule has 0 bridgehead atoms. The highest BCUT2D eigenvalue weighted by atomic mass is 28.4. The van der Waals surface area contributed by atoms with Crippen molar-refractivity contribution in [1.82, 2.24) is 0 Å². The Labute approximate surface area is 229 Å². The summed E-state index contributed by atoms with van der Waals surface area (Å²) in [4.78, 5) is 17.9. The molecule has 212 valence electrons. The molecule has 8 atom stereocenters. The van der Waals surface area contributed by atoms with Gasteiger partial charge in [-0.3, -0.25) is 4.99 Å². The highest BCUT2D eigenvalue weighted by Crippen LogP contribution is 2.59. The first-order valence-electron chi connectivity index (χ1n) is 14.9. The molecule has 0 spiro atoms. The van der Waals surface area contributed by atoms with E-state index < -0.39 is 20.0 Å². The Morgan fingerprint density at radius 3 is 2.22 bits per heavy atom. The number of carbonyl (C=O) groups is 1. The van der Waals surface area contributed by atoms with Gasteiger partial charge in [-0.15, -0.1) is 0 Å². The third-order valence-corrected chi connectivity index (χ3v) is 14.4. The minimum Gasteiger partial charge on any atom is -0.458 e. The molecule has 0 unspecified atom stereocenters. The summed E-state index contributed by atoms with van der Waals surface area (Å²) in [7, 11) is -1.86. The highest BCUT2D eigenvalue weighted by molar-refractivity contribution is 6.74. The van der Waals surface area contributed by atoms with Crippen LogP contribution in [0, 0.1) is 40.9 Å². The van der Waals surface area contributed by atoms with Crippen LogP contribution in [-0.2, 0) is 14.0 Å². The van der Waals surface area contributed by atoms with Gasteiger partial charge in [0.05, 0.1) is 0 Å². The maximum atomic E-state index is 13.0. The number of nitrogens with zero attached hydrogens (tertiary/aromatic N) is 1. The van der Waals surface area contributed by atoms with E-state index in [1.807, 2.05) is 27.0 Å². The summed E-state index contributed by atoms with van der Waals surface area (Å²) in [5, 5.41) is 0.220. The van der Waals surface area contributed by atoms with Crippen molar-refractivity contribution in [2.75, 3.05) is 0 Å². The van der Waals surface area contributed by atoms with Crippen molar-refractivity contribution in [3.05, 3.63) is 11.6 Å². The van der Waals surface area contributed by atoms with Crippen LogP contribution in [0.15, 0.2) is 16.6 Å². The van der Waals surface area contributed by atoms with Crippen LogP contribution < -0.4 is 0 Å². The zero-order valence-corrected chi connectivity index (χ0v) is 27.3. The molecule has 2 saturated carbocycles. The Kier molecular flexibility index (Phi) is 8.73. The van der Waals surface area contributed by atoms with Crippen molar-refractivity contribution >= 4 is 20.5 Å². The third kappa shape index (κ3) is 6.80. The fourth-order valence-electron chi connectivity index (χ4n) is 7.12. The molecule has 0 radical (unpaired) electrons. The number of ether oxygens (including phenoxy) is 1. The lowest BCUT2D eigenvalue weighted by atomic mass is 9.65. The molecular weight excluding hydrogens is 474 g/mol. The smallest absolute Gasteiger partial charge is 0.331 e. The van der Waals surface area contributed by atoms with Gasteiger partial charge in [0, 0.05) is 12.3 Å². The predicted octanol–water partition coefficient (Wildman–Crippen LogP) is 8.47. The first-order valence-corrected chi connectivity index (χ1v) is 17.8. The Bertz CT molecular complexity index is 885. The first kappa shape index (κ1) is 30.6. The van der Waals surface area contributed by atoms with Gasteiger partial charge in [-0.1, -0.05) is 67.9 Å². The molecule has 0 aliphatic heterocycles. The van der Waals surface area contributed by atoms with Crippen LogP contribution in [0.5, 0.6) is 0 Å². The number of esters is 1. The van der Waals surface area contributed by atoms with Gasteiger partial charge in [0.15, 0.2) is 14.4 Å². The number of carbonyl (C=O) groups excluding carboxylic acids is 1. The maximum absolute atomic E-state index is 13.0. The number of hydrogen-bond donors (Lipinski definition) is 0. The average molecular weight is 532 g/mol. The van der Waals surface area contributed by atoms with E-state index in [1.165, 1.54) is 18.4 Å². The van der Waals surface area contributed by atoms with Crippen LogP contribution in [0.1, 0.15) is 102 Å². The zero-order valence-electron chi connectivity index (χ0n) is 26.3. The summed E-state index contributed by atoms with van der Waals surface area (Å²) in [5.74, 6) is 3.92. The van der Waals surface area contributed by atoms with Gasteiger partial charge in [-0.2, -0.15) is 0 Å². The van der Waals surface area contributed by atoms with Gasteiger partial charge < -0.3 is 9.16 Å². The molecule has 0 amide bonds. The van der Waals surface area contributed by atoms with Crippen molar-refractivity contribution in [2.45, 2.75) is 138 Å². The summed E-state index contributed by atoms with van der Waals surface area (Å²) >= 11 is 0. The SMILES string of the molecule is CC[C@H]1[C@H]2[C@H](C[C@H]1C)[C@H]1CC(C=N[C@H](C(=O)OC(C)(C)C)C(C)(C)C)=C[C@H]1C[C@H]2O[Si](C)(C)C(C)(C)C. The Balaban J connectivity index is 1.86. The van der Waals surface area contributed by atoms with Crippen molar-refractivity contribution in [2.24, 2.45) is 45.9 Å². The number of aliphatic imine (C=N–C) groups is 1. The third-order valence-electron chi connectivity index (χ3n) is 9.86. The lowest BCUT2D eigenvalue weighted by Gasteiger charge is -2.48. The van der Waals surface area contributed by atoms with Crippen molar-refractivity contribution in [1.29, 1.82) is 0 Å². The molecule has 0 aromatic rings. The number of fused-ring (bicyclic) bond motifs is 3. The number of allylic oxidation sites excluding steroid dienone is 2. The topological polar surface area (TPSA) is 47.9 Å². The largest absolute Gasteiger partial charge is 0.458 e. The van der Waals surface area contributed by atoms with Gasteiger partial charge in [0.2, 0.25) is 0 Å². The van der Waals surface area contributed by atoms with Gasteiger partial charge in [0.1, 0.15) is 5.60 Å². The molecule has 3 aliphatic rings. The van der Waals surface area contributed by atoms with Crippen LogP contribution >= 0.6 is 0 Å². The van der Waals surface area contributed by atoms with Gasteiger partial charge >= 0.3 is 5.97 Å². The molecule has 0 saturated heterocycles. The summed E-state index contributed by atoms with van der Waals surface area (Å²) in [6.45, 7) is 28.7. The van der Waals surface area contributed by atoms with E-state index in [0.29, 0.717) is 23.9 Å². The van der Waals surface area contributed by atoms with Crippen LogP contribution in [0.2, 0.25) is 18.1 Å². The normalized spacial score (nSPS) is 33.8. The van der Waals surface area contributed by atoms with Gasteiger partial charge in [0.25, 0.3) is 0 Å². The van der Waals surface area contributed by atoms with Crippen LogP contribution in [0.3, 0.4) is 0 Å². The lowest BCUT2D eigenvalue weighted by molar-refractivity contribution is -0.158. The Hall–Kier alpha value is -0.943. The number of hydrogen-bond acceptors (Lipinski definition) is 4. The number of rotatable bonds is 6. The molecule has 3 rings (SSSR count). The fraction of sp³-hybridized carbons (Fsp3) is 0.875. The van der Waals surface area contributed by atoms with E-state index >= 15 is 0 Å². The minimum absolute atomic E-state index is 0.220. The van der Waals surface area contributed by atoms with E-state index in [-0.39, 0.29) is 16.4 Å². The molecule has 0 aromatic carbocycles. The van der Waals surface area contributed by atoms with Gasteiger partial charge in [-0.05, 0) is 105 Å². The molecule has 3 aliphatic carbocycles. The second-order valence-corrected chi connectivity index (χ2v) is 20.8. The quantitative estimate of drug-likeness (QED) is 0.196. The van der Waals surface area contributed by atoms with E-state index in [4.69, 9.17) is 14.2 Å². The summed E-state index contributed by atoms with van der Waals surface area (Å²) < 4.78 is 12.9. The Morgan fingerprint density at radius 1 is 1.08 bits per heavy atom. The summed E-state index contributed by atoms with van der Waals surface area (Å²) in [6, 6.07) is -0.506. The molecule has 5 heteroatoms. The molecule has 0 aromatic heterocycles. The van der Waals surface area contributed by atoms with E-state index in [2.05, 4.69) is 74.6 Å². The van der Waals surface area contributed by atoms with Crippen LogP contribution in [0.4, 0.5) is 0 Å². The second kappa shape index (κ2) is 10.6. The first-order chi connectivity index (χ1) is 16.7. The molecule has 4 nitrogen and oxygen atoms in total. The summed E-state index contributed by atoms with van der Waals surface area (Å²) in [5.41, 5.74) is 0.487. The maximum Gasteiger partial charge on any atom is 0.331 e. The van der Waals surface area contributed by atoms with E-state index in [0.717, 1.165) is 30.6 Å². The molecule has 2 fully saturated rings. The fourth-order valence-corrected chi connectivity index (χ4v) is 8.48. The Morgan fingerprint density at radius 2 is 1.70 bits per heavy atom. The monoisotopic (exact) mass is 531 g/mol. The van der Waals surface area contributed by atoms with Gasteiger partial charge in [-0.25, -0.2) is 4.79 Å². The summed E-state index contributed by atoms with van der Waals surface area (Å²) in [6.07, 6.45) is 9.63. The zero-order chi connectivity index (χ0) is 28.1. The molecular formula is C32H57NO3Si. The van der Waals surface area contributed by atoms with E-state index in [1.54, 1.807) is 0 Å². The van der Waals surface area contributed by atoms with Crippen molar-refractivity contribution in [3.63, 3.8) is 0 Å². The predicted molar refractivity (Wildman–Crippen MR) is 158 cm³/mol. The van der Waals surface area contributed by atoms with Crippen molar-refractivity contribution in [3.8, 4) is 0 Å². The second-order valence-electron chi connectivity index (χ2n) is 16.0. The van der Waals surface area contributed by atoms with Crippen molar-refractivity contribution < 1.29 is 14.0 Å². The molecule has 0 heterocycles. The molecule has 0 N–H and O–H groups in total. The van der Waals surface area contributed by atoms with E-state index in [9.17, 15) is 4.79 Å². The van der Waals surface area contributed by atoms with Crippen LogP contribution in [-0.4, -0.2) is 38.2 Å². The highest BCUT2D eigenvalue weighted by Gasteiger charge is 2.55. The minimum atomic E-state index is -1.86. The standard InChI is InChI=1S/C32H57NO3Si/c1-14-23-20(2)15-25-24-17-21(19-33-28(30(3,4)5)29(34)35-31(6,7)8)16-22(24)18-26(27(23)25)36-37(12,13)32(9,10)11/h16,19-20,22-28H,14-15,17-18H2,1-13H3/t20-,22+,23-,24+,25-,26-,27+,28-/m1/s1.